The lowest BCUT2D eigenvalue weighted by atomic mass is 9.89. The van der Waals surface area contributed by atoms with Gasteiger partial charge in [-0.3, -0.25) is 14.7 Å². The lowest BCUT2D eigenvalue weighted by Crippen LogP contribution is -2.46. The summed E-state index contributed by atoms with van der Waals surface area (Å²) in [4.78, 5) is 40.1. The molecule has 0 unspecified atom stereocenters. The summed E-state index contributed by atoms with van der Waals surface area (Å²) in [6, 6.07) is 13.7. The van der Waals surface area contributed by atoms with Gasteiger partial charge in [0, 0.05) is 19.0 Å². The highest BCUT2D eigenvalue weighted by molar-refractivity contribution is 8.26. The van der Waals surface area contributed by atoms with Crippen molar-refractivity contribution in [2.24, 2.45) is 5.10 Å². The number of hydrazone groups is 1. The van der Waals surface area contributed by atoms with Crippen LogP contribution in [-0.4, -0.2) is 61.6 Å². The summed E-state index contributed by atoms with van der Waals surface area (Å²) in [5.41, 5.74) is 5.05. The first kappa shape index (κ1) is 27.1. The van der Waals surface area contributed by atoms with Crippen molar-refractivity contribution in [2.45, 2.75) is 57.5 Å². The Balaban J connectivity index is 1.42. The maximum Gasteiger partial charge on any atom is 0.329 e. The van der Waals surface area contributed by atoms with Crippen LogP contribution in [0.4, 0.5) is 0 Å². The maximum absolute atomic E-state index is 13.6. The van der Waals surface area contributed by atoms with Gasteiger partial charge in [0.2, 0.25) is 0 Å². The fraction of sp³-hybridized carbons (Fsp3) is 0.345. The average molecular weight is 564 g/mol. The van der Waals surface area contributed by atoms with Crippen LogP contribution in [0.2, 0.25) is 0 Å². The molecule has 0 spiro atoms. The van der Waals surface area contributed by atoms with E-state index in [0.717, 1.165) is 42.2 Å². The molecule has 1 N–H and O–H groups in total. The lowest BCUT2D eigenvalue weighted by Gasteiger charge is -2.25. The molecule has 10 heteroatoms. The average Bonchev–Trinajstić information content (AvgIpc) is 3.48. The number of thiocarbonyl (C=S) groups is 1. The van der Waals surface area contributed by atoms with Crippen molar-refractivity contribution in [3.05, 3.63) is 81.9 Å². The zero-order valence-electron chi connectivity index (χ0n) is 21.5. The van der Waals surface area contributed by atoms with Crippen molar-refractivity contribution in [2.75, 3.05) is 6.61 Å². The fourth-order valence-corrected chi connectivity index (χ4v) is 6.47. The summed E-state index contributed by atoms with van der Waals surface area (Å²) in [6.07, 6.45) is 6.29. The Morgan fingerprint density at radius 2 is 1.92 bits per heavy atom. The number of fused-ring (bicyclic) bond motifs is 1. The highest BCUT2D eigenvalue weighted by Gasteiger charge is 2.42. The molecule has 2 heterocycles. The number of nitrogens with zero attached hydrogens (tertiary/aromatic N) is 3. The predicted molar refractivity (Wildman–Crippen MR) is 153 cm³/mol. The molecule has 3 aliphatic rings. The molecule has 2 aromatic carbocycles. The van der Waals surface area contributed by atoms with Crippen LogP contribution in [0.3, 0.4) is 0 Å². The van der Waals surface area contributed by atoms with E-state index in [2.05, 4.69) is 17.2 Å². The quantitative estimate of drug-likeness (QED) is 0.288. The normalized spacial score (nSPS) is 20.7. The molecule has 5 rings (SSSR count). The number of rotatable bonds is 8. The van der Waals surface area contributed by atoms with Crippen LogP contribution in [-0.2, 0) is 38.4 Å². The molecule has 39 heavy (non-hydrogen) atoms. The number of carbonyl (C=O) groups excluding carboxylic acids is 2. The van der Waals surface area contributed by atoms with Gasteiger partial charge in [0.15, 0.2) is 6.04 Å². The van der Waals surface area contributed by atoms with Gasteiger partial charge in [-0.15, -0.1) is 0 Å². The predicted octanol–water partition coefficient (Wildman–Crippen LogP) is 4.30. The van der Waals surface area contributed by atoms with E-state index in [1.807, 2.05) is 36.4 Å². The first-order chi connectivity index (χ1) is 18.9. The number of esters is 1. The highest BCUT2D eigenvalue weighted by Crippen LogP contribution is 2.35. The van der Waals surface area contributed by atoms with Gasteiger partial charge in [-0.25, -0.2) is 9.59 Å². The molecule has 1 fully saturated rings. The zero-order chi connectivity index (χ0) is 27.5. The Hall–Kier alpha value is -3.50. The minimum Gasteiger partial charge on any atom is -0.480 e. The summed E-state index contributed by atoms with van der Waals surface area (Å²) < 4.78 is 5.49. The second kappa shape index (κ2) is 11.7. The maximum atomic E-state index is 13.6. The van der Waals surface area contributed by atoms with E-state index in [9.17, 15) is 19.5 Å². The summed E-state index contributed by atoms with van der Waals surface area (Å²) in [5, 5.41) is 15.9. The van der Waals surface area contributed by atoms with Crippen molar-refractivity contribution >= 4 is 51.9 Å². The standard InChI is InChI=1S/C29H29N3O5S2/c1-2-37-28(36)24(14-18-8-4-3-5-9-18)32-26(33)25(39-29(32)38)17-31-23(27(34)35)16-22(30-31)21-13-12-19-10-6-7-11-20(19)15-21/h3-5,8-9,12-13,15,17,23-24H,2,6-7,10-11,14,16H2,1H3,(H,34,35)/b25-17-/t23-,24-/m0/s1. The third-order valence-electron chi connectivity index (χ3n) is 7.12. The van der Waals surface area contributed by atoms with E-state index in [1.54, 1.807) is 6.92 Å². The molecule has 0 bridgehead atoms. The largest absolute Gasteiger partial charge is 0.480 e. The second-order valence-electron chi connectivity index (χ2n) is 9.67. The minimum absolute atomic E-state index is 0.170. The molecule has 0 radical (unpaired) electrons. The smallest absolute Gasteiger partial charge is 0.329 e. The van der Waals surface area contributed by atoms with E-state index in [4.69, 9.17) is 17.0 Å². The molecule has 1 saturated heterocycles. The van der Waals surface area contributed by atoms with Crippen LogP contribution < -0.4 is 0 Å². The number of aliphatic carboxylic acids is 1. The molecular formula is C29H29N3O5S2. The van der Waals surface area contributed by atoms with E-state index in [-0.39, 0.29) is 28.7 Å². The van der Waals surface area contributed by atoms with E-state index >= 15 is 0 Å². The van der Waals surface area contributed by atoms with Gasteiger partial charge in [-0.2, -0.15) is 5.10 Å². The fourth-order valence-electron chi connectivity index (χ4n) is 5.15. The summed E-state index contributed by atoms with van der Waals surface area (Å²) in [6.45, 7) is 1.88. The van der Waals surface area contributed by atoms with E-state index in [0.29, 0.717) is 5.71 Å². The number of thioether (sulfide) groups is 1. The van der Waals surface area contributed by atoms with Crippen LogP contribution in [0.15, 0.2) is 64.7 Å². The van der Waals surface area contributed by atoms with E-state index in [1.165, 1.54) is 33.7 Å². The molecule has 2 atom stereocenters. The SMILES string of the molecule is CCOC(=O)[C@H](Cc1ccccc1)N1C(=O)/C(=C/N2N=C(c3ccc4c(c3)CCCC4)C[C@H]2C(=O)O)SC1=S. The number of aryl methyl sites for hydroxylation is 2. The molecule has 1 amide bonds. The van der Waals surface area contributed by atoms with Gasteiger partial charge in [0.1, 0.15) is 10.4 Å². The van der Waals surface area contributed by atoms with E-state index < -0.39 is 29.9 Å². The summed E-state index contributed by atoms with van der Waals surface area (Å²) in [5.74, 6) is -2.05. The Kier molecular flexibility index (Phi) is 8.13. The molecule has 2 aliphatic heterocycles. The Labute approximate surface area is 236 Å². The van der Waals surface area contributed by atoms with Crippen LogP contribution in [0.1, 0.15) is 48.4 Å². The van der Waals surface area contributed by atoms with Crippen LogP contribution in [0.5, 0.6) is 0 Å². The van der Waals surface area contributed by atoms with Gasteiger partial charge in [0.05, 0.1) is 17.2 Å². The van der Waals surface area contributed by atoms with Crippen LogP contribution in [0.25, 0.3) is 0 Å². The first-order valence-corrected chi connectivity index (χ1v) is 14.3. The molecule has 202 valence electrons. The number of hydrogen-bond acceptors (Lipinski definition) is 8. The van der Waals surface area contributed by atoms with Gasteiger partial charge in [0.25, 0.3) is 5.91 Å². The van der Waals surface area contributed by atoms with Crippen molar-refractivity contribution < 1.29 is 24.2 Å². The minimum atomic E-state index is -1.04. The zero-order valence-corrected chi connectivity index (χ0v) is 23.2. The number of carboxylic acid groups (broad SMARTS) is 1. The molecule has 0 saturated carbocycles. The number of carboxylic acids is 1. The van der Waals surface area contributed by atoms with Crippen molar-refractivity contribution in [3.8, 4) is 0 Å². The third-order valence-corrected chi connectivity index (χ3v) is 8.44. The number of ether oxygens (including phenoxy) is 1. The third kappa shape index (κ3) is 5.77. The summed E-state index contributed by atoms with van der Waals surface area (Å²) >= 11 is 6.55. The Morgan fingerprint density at radius 3 is 2.64 bits per heavy atom. The van der Waals surface area contributed by atoms with Gasteiger partial charge >= 0.3 is 11.9 Å². The van der Waals surface area contributed by atoms with Crippen molar-refractivity contribution in [1.29, 1.82) is 0 Å². The molecular weight excluding hydrogens is 534 g/mol. The van der Waals surface area contributed by atoms with Crippen LogP contribution in [0, 0.1) is 0 Å². The molecule has 2 aromatic rings. The lowest BCUT2D eigenvalue weighted by molar-refractivity contribution is -0.150. The number of amides is 1. The van der Waals surface area contributed by atoms with Crippen molar-refractivity contribution in [1.82, 2.24) is 9.91 Å². The molecule has 1 aliphatic carbocycles. The Morgan fingerprint density at radius 1 is 1.18 bits per heavy atom. The topological polar surface area (TPSA) is 99.5 Å². The molecule has 0 aromatic heterocycles. The number of hydrogen-bond donors (Lipinski definition) is 1. The Bertz CT molecular complexity index is 1370. The summed E-state index contributed by atoms with van der Waals surface area (Å²) in [7, 11) is 0. The second-order valence-corrected chi connectivity index (χ2v) is 11.3. The van der Waals surface area contributed by atoms with Crippen LogP contribution >= 0.6 is 24.0 Å². The van der Waals surface area contributed by atoms with Gasteiger partial charge in [-0.1, -0.05) is 66.4 Å². The molecule has 8 nitrogen and oxygen atoms in total. The number of benzene rings is 2. The van der Waals surface area contributed by atoms with Gasteiger partial charge in [-0.05, 0) is 60.9 Å². The number of carbonyl (C=O) groups is 3. The highest BCUT2D eigenvalue weighted by atomic mass is 32.2. The van der Waals surface area contributed by atoms with Gasteiger partial charge < -0.3 is 9.84 Å². The monoisotopic (exact) mass is 563 g/mol. The first-order valence-electron chi connectivity index (χ1n) is 13.0. The van der Waals surface area contributed by atoms with Crippen molar-refractivity contribution in [3.63, 3.8) is 0 Å².